The largest absolute Gasteiger partial charge is 0.495 e. The van der Waals surface area contributed by atoms with Crippen LogP contribution >= 0.6 is 11.6 Å². The average molecular weight is 421 g/mol. The Kier molecular flexibility index (Phi) is 4.41. The number of fused-ring (bicyclic) bond motifs is 1. The number of nitrogens with zero attached hydrogens (tertiary/aromatic N) is 3. The third-order valence-electron chi connectivity index (χ3n) is 5.41. The summed E-state index contributed by atoms with van der Waals surface area (Å²) in [4.78, 5) is 14.3. The molecule has 4 aromatic rings. The van der Waals surface area contributed by atoms with E-state index in [4.69, 9.17) is 16.3 Å². The van der Waals surface area contributed by atoms with Crippen LogP contribution in [-0.4, -0.2) is 45.9 Å². The van der Waals surface area contributed by atoms with Crippen LogP contribution in [0.2, 0.25) is 5.02 Å². The maximum absolute atomic E-state index is 9.92. The Morgan fingerprint density at radius 3 is 2.63 bits per heavy atom. The Bertz CT molecular complexity index is 1230. The van der Waals surface area contributed by atoms with Crippen LogP contribution in [0.3, 0.4) is 0 Å². The quantitative estimate of drug-likeness (QED) is 0.507. The van der Waals surface area contributed by atoms with Gasteiger partial charge in [0.2, 0.25) is 0 Å². The van der Waals surface area contributed by atoms with Crippen molar-refractivity contribution in [3.05, 3.63) is 60.0 Å². The van der Waals surface area contributed by atoms with E-state index >= 15 is 0 Å². The van der Waals surface area contributed by atoms with Gasteiger partial charge in [-0.15, -0.1) is 0 Å². The second-order valence-corrected chi connectivity index (χ2v) is 8.38. The summed E-state index contributed by atoms with van der Waals surface area (Å²) in [6.07, 6.45) is 5.29. The summed E-state index contributed by atoms with van der Waals surface area (Å²) in [6.45, 7) is 3.04. The third kappa shape index (κ3) is 3.38. The van der Waals surface area contributed by atoms with Crippen LogP contribution in [0.5, 0.6) is 5.75 Å². The van der Waals surface area contributed by atoms with E-state index in [0.29, 0.717) is 23.9 Å². The van der Waals surface area contributed by atoms with Crippen molar-refractivity contribution in [2.45, 2.75) is 12.5 Å². The Morgan fingerprint density at radius 1 is 1.10 bits per heavy atom. The predicted molar refractivity (Wildman–Crippen MR) is 119 cm³/mol. The summed E-state index contributed by atoms with van der Waals surface area (Å²) >= 11 is 6.56. The lowest BCUT2D eigenvalue weighted by Crippen LogP contribution is -2.60. The van der Waals surface area contributed by atoms with Gasteiger partial charge in [0.05, 0.1) is 23.9 Å². The van der Waals surface area contributed by atoms with Gasteiger partial charge < -0.3 is 19.7 Å². The third-order valence-corrected chi connectivity index (χ3v) is 5.73. The summed E-state index contributed by atoms with van der Waals surface area (Å²) < 4.78 is 5.28. The van der Waals surface area contributed by atoms with E-state index in [0.717, 1.165) is 39.1 Å². The molecule has 1 saturated heterocycles. The molecule has 152 valence electrons. The number of aromatic amines is 1. The number of aromatic nitrogens is 3. The first-order valence-corrected chi connectivity index (χ1v) is 10.1. The van der Waals surface area contributed by atoms with Gasteiger partial charge in [-0.25, -0.2) is 4.98 Å². The van der Waals surface area contributed by atoms with E-state index in [1.807, 2.05) is 37.4 Å². The summed E-state index contributed by atoms with van der Waals surface area (Å²) in [5.74, 6) is 1.56. The van der Waals surface area contributed by atoms with E-state index in [2.05, 4.69) is 32.0 Å². The molecule has 1 aliphatic heterocycles. The van der Waals surface area contributed by atoms with Gasteiger partial charge in [-0.1, -0.05) is 11.6 Å². The van der Waals surface area contributed by atoms with Gasteiger partial charge in [0, 0.05) is 58.8 Å². The standard InChI is InChI=1S/C23H21ClN4O2/c1-23(29)12-28(13-23)22-4-3-14(10-26-22)20-7-15-6-18(19(24)8-21(15)27-20)16-5-17(30-2)11-25-9-16/h3-11,27,29H,12-13H2,1-2H3. The molecule has 3 aromatic heterocycles. The zero-order valence-electron chi connectivity index (χ0n) is 16.7. The molecule has 6 nitrogen and oxygen atoms in total. The highest BCUT2D eigenvalue weighted by Crippen LogP contribution is 2.35. The zero-order chi connectivity index (χ0) is 20.9. The van der Waals surface area contributed by atoms with Crippen molar-refractivity contribution in [2.75, 3.05) is 25.1 Å². The van der Waals surface area contributed by atoms with Gasteiger partial charge >= 0.3 is 0 Å². The summed E-state index contributed by atoms with van der Waals surface area (Å²) in [7, 11) is 1.62. The smallest absolute Gasteiger partial charge is 0.137 e. The molecule has 0 atom stereocenters. The number of pyridine rings is 2. The fourth-order valence-electron chi connectivity index (χ4n) is 3.88. The SMILES string of the molecule is COc1cncc(-c2cc3cc(-c4ccc(N5CC(C)(O)C5)nc4)[nH]c3cc2Cl)c1. The molecule has 1 aromatic carbocycles. The number of β-amino-alcohol motifs (C(OH)–C–C–N with tert-alkyl or cyclic N) is 1. The Hall–Kier alpha value is -3.09. The summed E-state index contributed by atoms with van der Waals surface area (Å²) in [5.41, 5.74) is 4.10. The van der Waals surface area contributed by atoms with Gasteiger partial charge in [0.25, 0.3) is 0 Å². The second kappa shape index (κ2) is 7.00. The van der Waals surface area contributed by atoms with E-state index in [1.165, 1.54) is 0 Å². The molecule has 5 rings (SSSR count). The minimum atomic E-state index is -0.618. The van der Waals surface area contributed by atoms with Crippen molar-refractivity contribution >= 4 is 28.3 Å². The normalized spacial score (nSPS) is 15.3. The molecule has 1 fully saturated rings. The molecule has 30 heavy (non-hydrogen) atoms. The molecule has 0 bridgehead atoms. The van der Waals surface area contributed by atoms with Crippen LogP contribution in [0.15, 0.2) is 55.0 Å². The highest BCUT2D eigenvalue weighted by molar-refractivity contribution is 6.34. The molecular weight excluding hydrogens is 400 g/mol. The first-order valence-electron chi connectivity index (χ1n) is 9.67. The van der Waals surface area contributed by atoms with Crippen LogP contribution in [0.4, 0.5) is 5.82 Å². The highest BCUT2D eigenvalue weighted by Gasteiger charge is 2.37. The number of ether oxygens (including phenoxy) is 1. The number of aliphatic hydroxyl groups is 1. The van der Waals surface area contributed by atoms with E-state index in [9.17, 15) is 5.11 Å². The maximum atomic E-state index is 9.92. The van der Waals surface area contributed by atoms with Crippen LogP contribution < -0.4 is 9.64 Å². The Balaban J connectivity index is 1.46. The lowest BCUT2D eigenvalue weighted by molar-refractivity contribution is 0.0305. The van der Waals surface area contributed by atoms with Crippen LogP contribution in [-0.2, 0) is 0 Å². The number of methoxy groups -OCH3 is 1. The van der Waals surface area contributed by atoms with Crippen molar-refractivity contribution in [1.29, 1.82) is 0 Å². The monoisotopic (exact) mass is 420 g/mol. The molecule has 0 aliphatic carbocycles. The van der Waals surface area contributed by atoms with Gasteiger partial charge in [0.15, 0.2) is 0 Å². The van der Waals surface area contributed by atoms with Crippen molar-refractivity contribution in [1.82, 2.24) is 15.0 Å². The van der Waals surface area contributed by atoms with Gasteiger partial charge in [-0.2, -0.15) is 0 Å². The van der Waals surface area contributed by atoms with Crippen molar-refractivity contribution in [3.63, 3.8) is 0 Å². The van der Waals surface area contributed by atoms with Crippen molar-refractivity contribution < 1.29 is 9.84 Å². The minimum absolute atomic E-state index is 0.603. The van der Waals surface area contributed by atoms with Gasteiger partial charge in [-0.05, 0) is 43.3 Å². The molecule has 4 heterocycles. The molecular formula is C23H21ClN4O2. The first kappa shape index (κ1) is 18.9. The molecule has 0 saturated carbocycles. The highest BCUT2D eigenvalue weighted by atomic mass is 35.5. The molecule has 0 amide bonds. The fourth-order valence-corrected chi connectivity index (χ4v) is 4.15. The van der Waals surface area contributed by atoms with E-state index < -0.39 is 5.60 Å². The Labute approximate surface area is 179 Å². The number of nitrogens with one attached hydrogen (secondary N) is 1. The average Bonchev–Trinajstić information content (AvgIpc) is 3.14. The van der Waals surface area contributed by atoms with Crippen LogP contribution in [0.25, 0.3) is 33.3 Å². The summed E-state index contributed by atoms with van der Waals surface area (Å²) in [6, 6.07) is 12.0. The van der Waals surface area contributed by atoms with Crippen molar-refractivity contribution in [2.24, 2.45) is 0 Å². The number of anilines is 1. The van der Waals surface area contributed by atoms with Crippen LogP contribution in [0, 0.1) is 0 Å². The number of hydrogen-bond acceptors (Lipinski definition) is 5. The Morgan fingerprint density at radius 2 is 1.93 bits per heavy atom. The molecule has 2 N–H and O–H groups in total. The lowest BCUT2D eigenvalue weighted by Gasteiger charge is -2.44. The molecule has 7 heteroatoms. The second-order valence-electron chi connectivity index (χ2n) is 7.97. The number of H-pyrrole nitrogens is 1. The first-order chi connectivity index (χ1) is 14.4. The van der Waals surface area contributed by atoms with Crippen LogP contribution in [0.1, 0.15) is 6.92 Å². The number of rotatable bonds is 4. The lowest BCUT2D eigenvalue weighted by atomic mass is 9.97. The van der Waals surface area contributed by atoms with E-state index in [-0.39, 0.29) is 0 Å². The molecule has 0 radical (unpaired) electrons. The zero-order valence-corrected chi connectivity index (χ0v) is 17.4. The minimum Gasteiger partial charge on any atom is -0.495 e. The van der Waals surface area contributed by atoms with Crippen molar-refractivity contribution in [3.8, 4) is 28.1 Å². The molecule has 0 spiro atoms. The number of hydrogen-bond donors (Lipinski definition) is 2. The fraction of sp³-hybridized carbons (Fsp3) is 0.217. The number of halogens is 1. The maximum Gasteiger partial charge on any atom is 0.137 e. The molecule has 1 aliphatic rings. The predicted octanol–water partition coefficient (Wildman–Crippen LogP) is 4.52. The molecule has 0 unspecified atom stereocenters. The number of benzene rings is 1. The van der Waals surface area contributed by atoms with Gasteiger partial charge in [-0.3, -0.25) is 4.98 Å². The topological polar surface area (TPSA) is 74.3 Å². The summed E-state index contributed by atoms with van der Waals surface area (Å²) in [5, 5.41) is 11.6. The van der Waals surface area contributed by atoms with E-state index in [1.54, 1.807) is 19.5 Å². The van der Waals surface area contributed by atoms with Gasteiger partial charge in [0.1, 0.15) is 11.6 Å².